The maximum absolute atomic E-state index is 13.1. The lowest BCUT2D eigenvalue weighted by atomic mass is 9.96. The second kappa shape index (κ2) is 7.55. The largest absolute Gasteiger partial charge is 0.338 e. The minimum Gasteiger partial charge on any atom is -0.338 e. The van der Waals surface area contributed by atoms with E-state index >= 15 is 0 Å². The second-order valence-electron chi connectivity index (χ2n) is 9.37. The molecule has 5 rings (SSSR count). The summed E-state index contributed by atoms with van der Waals surface area (Å²) in [6.45, 7) is 2.23. The molecule has 32 heavy (non-hydrogen) atoms. The lowest BCUT2D eigenvalue weighted by Gasteiger charge is -2.34. The zero-order chi connectivity index (χ0) is 22.7. The minimum atomic E-state index is -3.62. The van der Waals surface area contributed by atoms with Crippen LogP contribution in [0.25, 0.3) is 0 Å². The van der Waals surface area contributed by atoms with Crippen LogP contribution in [0, 0.1) is 5.92 Å². The molecule has 1 N–H and O–H groups in total. The monoisotopic (exact) mass is 460 g/mol. The smallest absolute Gasteiger partial charge is 0.325 e. The van der Waals surface area contributed by atoms with E-state index in [0.717, 1.165) is 42.6 Å². The van der Waals surface area contributed by atoms with Crippen molar-refractivity contribution in [2.45, 2.75) is 49.5 Å². The molecular weight excluding hydrogens is 432 g/mol. The minimum absolute atomic E-state index is 0.132. The van der Waals surface area contributed by atoms with Crippen LogP contribution in [0.15, 0.2) is 23.1 Å². The number of amides is 4. The highest BCUT2D eigenvalue weighted by molar-refractivity contribution is 7.89. The van der Waals surface area contributed by atoms with Gasteiger partial charge in [-0.05, 0) is 68.2 Å². The van der Waals surface area contributed by atoms with E-state index in [1.807, 2.05) is 6.07 Å². The molecule has 9 nitrogen and oxygen atoms in total. The van der Waals surface area contributed by atoms with Gasteiger partial charge in [0.15, 0.2) is 0 Å². The summed E-state index contributed by atoms with van der Waals surface area (Å²) in [6.07, 6.45) is 4.74. The number of carbonyl (C=O) groups is 3. The van der Waals surface area contributed by atoms with E-state index in [1.54, 1.807) is 19.1 Å². The Morgan fingerprint density at radius 2 is 1.78 bits per heavy atom. The molecule has 1 saturated carbocycles. The van der Waals surface area contributed by atoms with Crippen molar-refractivity contribution >= 4 is 27.9 Å². The Labute approximate surface area is 187 Å². The predicted molar refractivity (Wildman–Crippen MR) is 115 cm³/mol. The number of nitrogens with one attached hydrogen (secondary N) is 1. The SMILES string of the molecule is C[C@]1(C2CC2)NC(=O)N(CC(=O)N2CCN(S(=O)(=O)c3ccc4c(c3)CCC4)CC2)C1=O. The molecule has 0 unspecified atom stereocenters. The van der Waals surface area contributed by atoms with Crippen molar-refractivity contribution in [2.24, 2.45) is 5.92 Å². The Morgan fingerprint density at radius 1 is 1.09 bits per heavy atom. The number of imide groups is 1. The van der Waals surface area contributed by atoms with E-state index in [4.69, 9.17) is 0 Å². The van der Waals surface area contributed by atoms with Gasteiger partial charge in [0.05, 0.1) is 4.90 Å². The van der Waals surface area contributed by atoms with Crippen LogP contribution >= 0.6 is 0 Å². The van der Waals surface area contributed by atoms with Gasteiger partial charge in [0, 0.05) is 26.2 Å². The summed E-state index contributed by atoms with van der Waals surface area (Å²) in [5.74, 6) is -0.564. The molecule has 4 amide bonds. The number of hydrogen-bond acceptors (Lipinski definition) is 5. The number of rotatable bonds is 5. The van der Waals surface area contributed by atoms with Crippen molar-refractivity contribution in [1.82, 2.24) is 19.4 Å². The van der Waals surface area contributed by atoms with Crippen molar-refractivity contribution in [2.75, 3.05) is 32.7 Å². The van der Waals surface area contributed by atoms with E-state index in [0.29, 0.717) is 4.90 Å². The molecule has 1 atom stereocenters. The standard InChI is InChI=1S/C22H28N4O5S/c1-22(17-6-7-17)20(28)26(21(29)23-22)14-19(27)24-9-11-25(12-10-24)32(30,31)18-8-5-15-3-2-4-16(15)13-18/h5,8,13,17H,2-4,6-7,9-12,14H2,1H3,(H,23,29)/t22-/m1/s1. The fourth-order valence-electron chi connectivity index (χ4n) is 5.07. The Kier molecular flexibility index (Phi) is 5.05. The molecule has 2 aliphatic heterocycles. The van der Waals surface area contributed by atoms with Crippen LogP contribution in [-0.2, 0) is 32.5 Å². The topological polar surface area (TPSA) is 107 Å². The summed E-state index contributed by atoms with van der Waals surface area (Å²) in [5, 5.41) is 2.74. The summed E-state index contributed by atoms with van der Waals surface area (Å²) in [5.41, 5.74) is 1.41. The first kappa shape index (κ1) is 21.4. The van der Waals surface area contributed by atoms with Crippen LogP contribution in [0.1, 0.15) is 37.3 Å². The number of benzene rings is 1. The number of nitrogens with zero attached hydrogens (tertiary/aromatic N) is 3. The molecule has 0 bridgehead atoms. The zero-order valence-electron chi connectivity index (χ0n) is 18.2. The highest BCUT2D eigenvalue weighted by atomic mass is 32.2. The zero-order valence-corrected chi connectivity index (χ0v) is 19.0. The third-order valence-corrected chi connectivity index (χ3v) is 9.18. The molecule has 1 aromatic rings. The summed E-state index contributed by atoms with van der Waals surface area (Å²) in [4.78, 5) is 40.7. The van der Waals surface area contributed by atoms with Gasteiger partial charge in [-0.15, -0.1) is 0 Å². The lowest BCUT2D eigenvalue weighted by Crippen LogP contribution is -2.53. The Hall–Kier alpha value is -2.46. The number of carbonyl (C=O) groups excluding carboxylic acids is 3. The van der Waals surface area contributed by atoms with Crippen LogP contribution in [0.5, 0.6) is 0 Å². The van der Waals surface area contributed by atoms with E-state index in [9.17, 15) is 22.8 Å². The van der Waals surface area contributed by atoms with Crippen molar-refractivity contribution < 1.29 is 22.8 Å². The third-order valence-electron chi connectivity index (χ3n) is 7.29. The van der Waals surface area contributed by atoms with Gasteiger partial charge in [-0.1, -0.05) is 6.07 Å². The Bertz CT molecular complexity index is 1090. The average Bonchev–Trinajstić information content (AvgIpc) is 3.50. The summed E-state index contributed by atoms with van der Waals surface area (Å²) in [7, 11) is -3.62. The van der Waals surface area contributed by atoms with E-state index < -0.39 is 21.6 Å². The fraction of sp³-hybridized carbons (Fsp3) is 0.591. The van der Waals surface area contributed by atoms with E-state index in [1.165, 1.54) is 14.8 Å². The molecule has 4 aliphatic rings. The molecular formula is C22H28N4O5S. The number of aryl methyl sites for hydroxylation is 2. The van der Waals surface area contributed by atoms with Crippen molar-refractivity contribution in [1.29, 1.82) is 0 Å². The van der Waals surface area contributed by atoms with Crippen LogP contribution in [0.3, 0.4) is 0 Å². The second-order valence-corrected chi connectivity index (χ2v) is 11.3. The molecule has 2 aliphatic carbocycles. The molecule has 10 heteroatoms. The number of sulfonamides is 1. The highest BCUT2D eigenvalue weighted by Crippen LogP contribution is 2.42. The normalized spacial score (nSPS) is 26.4. The molecule has 2 heterocycles. The average molecular weight is 461 g/mol. The first-order valence-corrected chi connectivity index (χ1v) is 12.7. The van der Waals surface area contributed by atoms with Gasteiger partial charge >= 0.3 is 6.03 Å². The van der Waals surface area contributed by atoms with Crippen molar-refractivity contribution in [3.8, 4) is 0 Å². The van der Waals surface area contributed by atoms with Gasteiger partial charge in [-0.2, -0.15) is 4.31 Å². The van der Waals surface area contributed by atoms with Gasteiger partial charge in [0.1, 0.15) is 12.1 Å². The van der Waals surface area contributed by atoms with Gasteiger partial charge in [-0.3, -0.25) is 14.5 Å². The van der Waals surface area contributed by atoms with Crippen molar-refractivity contribution in [3.63, 3.8) is 0 Å². The van der Waals surface area contributed by atoms with Crippen molar-refractivity contribution in [3.05, 3.63) is 29.3 Å². The van der Waals surface area contributed by atoms with Gasteiger partial charge in [0.2, 0.25) is 15.9 Å². The summed E-state index contributed by atoms with van der Waals surface area (Å²) in [6, 6.07) is 4.83. The van der Waals surface area contributed by atoms with Crippen LogP contribution in [0.4, 0.5) is 4.79 Å². The molecule has 1 aromatic carbocycles. The van der Waals surface area contributed by atoms with Gasteiger partial charge in [-0.25, -0.2) is 13.2 Å². The van der Waals surface area contributed by atoms with E-state index in [-0.39, 0.29) is 50.5 Å². The molecule has 2 saturated heterocycles. The molecule has 0 spiro atoms. The van der Waals surface area contributed by atoms with Crippen LogP contribution in [-0.4, -0.2) is 78.6 Å². The van der Waals surface area contributed by atoms with Crippen LogP contribution in [0.2, 0.25) is 0 Å². The molecule has 0 aromatic heterocycles. The first-order chi connectivity index (χ1) is 15.2. The Morgan fingerprint density at radius 3 is 2.47 bits per heavy atom. The Balaban J connectivity index is 1.20. The van der Waals surface area contributed by atoms with Gasteiger partial charge < -0.3 is 10.2 Å². The van der Waals surface area contributed by atoms with Crippen LogP contribution < -0.4 is 5.32 Å². The fourth-order valence-corrected chi connectivity index (χ4v) is 6.54. The third kappa shape index (κ3) is 3.49. The highest BCUT2D eigenvalue weighted by Gasteiger charge is 2.56. The maximum atomic E-state index is 13.1. The molecule has 3 fully saturated rings. The summed E-state index contributed by atoms with van der Waals surface area (Å²) >= 11 is 0. The number of urea groups is 1. The number of fused-ring (bicyclic) bond motifs is 1. The maximum Gasteiger partial charge on any atom is 0.325 e. The first-order valence-electron chi connectivity index (χ1n) is 11.2. The molecule has 172 valence electrons. The number of hydrogen-bond donors (Lipinski definition) is 1. The quantitative estimate of drug-likeness (QED) is 0.652. The lowest BCUT2D eigenvalue weighted by molar-refractivity contribution is -0.139. The predicted octanol–water partition coefficient (Wildman–Crippen LogP) is 0.729. The van der Waals surface area contributed by atoms with E-state index in [2.05, 4.69) is 5.32 Å². The summed E-state index contributed by atoms with van der Waals surface area (Å²) < 4.78 is 27.6. The number of piperazine rings is 1. The van der Waals surface area contributed by atoms with Gasteiger partial charge in [0.25, 0.3) is 5.91 Å². The molecule has 0 radical (unpaired) electrons.